The van der Waals surface area contributed by atoms with Crippen LogP contribution >= 0.6 is 0 Å². The lowest BCUT2D eigenvalue weighted by molar-refractivity contribution is 0.0989. The molecule has 0 aliphatic heterocycles. The van der Waals surface area contributed by atoms with Gasteiger partial charge in [0.1, 0.15) is 0 Å². The van der Waals surface area contributed by atoms with Crippen molar-refractivity contribution in [1.29, 1.82) is 0 Å². The Morgan fingerprint density at radius 3 is 2.60 bits per heavy atom. The maximum absolute atomic E-state index is 9.45. The molecule has 0 amide bonds. The monoisotopic (exact) mass is 143 g/mol. The van der Waals surface area contributed by atoms with Crippen molar-refractivity contribution < 1.29 is 5.11 Å². The minimum atomic E-state index is -0.155. The van der Waals surface area contributed by atoms with Crippen LogP contribution in [0, 0.1) is 11.8 Å². The van der Waals surface area contributed by atoms with Crippen LogP contribution in [0.25, 0.3) is 0 Å². The van der Waals surface area contributed by atoms with E-state index >= 15 is 0 Å². The van der Waals surface area contributed by atoms with Crippen LogP contribution < -0.4 is 5.73 Å². The van der Waals surface area contributed by atoms with E-state index in [-0.39, 0.29) is 6.10 Å². The number of hydrogen-bond donors (Lipinski definition) is 2. The van der Waals surface area contributed by atoms with E-state index < -0.39 is 0 Å². The average molecular weight is 143 g/mol. The standard InChI is InChI=1S/C8H17NO/c1-6(7-2-3-7)8(10)4-5-9/h6-8,10H,2-5,9H2,1H3. The first-order valence-corrected chi connectivity index (χ1v) is 4.14. The second kappa shape index (κ2) is 3.35. The highest BCUT2D eigenvalue weighted by Crippen LogP contribution is 2.38. The molecule has 0 bridgehead atoms. The summed E-state index contributed by atoms with van der Waals surface area (Å²) in [5.41, 5.74) is 5.33. The van der Waals surface area contributed by atoms with Crippen molar-refractivity contribution in [2.75, 3.05) is 6.54 Å². The molecule has 0 saturated heterocycles. The molecule has 1 aliphatic rings. The van der Waals surface area contributed by atoms with E-state index in [1.165, 1.54) is 12.8 Å². The van der Waals surface area contributed by atoms with Crippen LogP contribution in [0.3, 0.4) is 0 Å². The lowest BCUT2D eigenvalue weighted by Crippen LogP contribution is -2.22. The summed E-state index contributed by atoms with van der Waals surface area (Å²) in [5, 5.41) is 9.45. The van der Waals surface area contributed by atoms with Crippen LogP contribution in [0.15, 0.2) is 0 Å². The molecular formula is C8H17NO. The van der Waals surface area contributed by atoms with Crippen molar-refractivity contribution in [2.24, 2.45) is 17.6 Å². The smallest absolute Gasteiger partial charge is 0.0580 e. The molecule has 0 heterocycles. The molecule has 0 aromatic heterocycles. The van der Waals surface area contributed by atoms with E-state index in [0.29, 0.717) is 12.5 Å². The van der Waals surface area contributed by atoms with E-state index in [2.05, 4.69) is 6.92 Å². The molecule has 0 aromatic rings. The molecule has 0 aromatic carbocycles. The molecule has 1 rings (SSSR count). The van der Waals surface area contributed by atoms with Gasteiger partial charge in [0.25, 0.3) is 0 Å². The maximum atomic E-state index is 9.45. The number of rotatable bonds is 4. The minimum absolute atomic E-state index is 0.155. The fraction of sp³-hybridized carbons (Fsp3) is 1.00. The molecule has 0 radical (unpaired) electrons. The van der Waals surface area contributed by atoms with E-state index in [4.69, 9.17) is 5.73 Å². The molecule has 2 unspecified atom stereocenters. The Balaban J connectivity index is 2.17. The Hall–Kier alpha value is -0.0800. The van der Waals surface area contributed by atoms with Gasteiger partial charge in [-0.1, -0.05) is 6.92 Å². The molecule has 1 saturated carbocycles. The van der Waals surface area contributed by atoms with E-state index in [1.54, 1.807) is 0 Å². The topological polar surface area (TPSA) is 46.2 Å². The minimum Gasteiger partial charge on any atom is -0.393 e. The highest BCUT2D eigenvalue weighted by molar-refractivity contribution is 4.82. The zero-order valence-electron chi connectivity index (χ0n) is 6.59. The summed E-state index contributed by atoms with van der Waals surface area (Å²) in [7, 11) is 0. The first-order valence-electron chi connectivity index (χ1n) is 4.14. The van der Waals surface area contributed by atoms with E-state index in [0.717, 1.165) is 12.3 Å². The number of aliphatic hydroxyl groups is 1. The van der Waals surface area contributed by atoms with Gasteiger partial charge in [-0.3, -0.25) is 0 Å². The predicted molar refractivity (Wildman–Crippen MR) is 41.6 cm³/mol. The summed E-state index contributed by atoms with van der Waals surface area (Å²) in [6.07, 6.45) is 3.22. The Kier molecular flexibility index (Phi) is 2.69. The molecular weight excluding hydrogens is 126 g/mol. The van der Waals surface area contributed by atoms with Gasteiger partial charge in [-0.15, -0.1) is 0 Å². The summed E-state index contributed by atoms with van der Waals surface area (Å²) in [4.78, 5) is 0. The second-order valence-electron chi connectivity index (χ2n) is 3.34. The normalized spacial score (nSPS) is 24.3. The lowest BCUT2D eigenvalue weighted by atomic mass is 9.97. The van der Waals surface area contributed by atoms with Crippen molar-refractivity contribution in [3.8, 4) is 0 Å². The van der Waals surface area contributed by atoms with Gasteiger partial charge in [-0.05, 0) is 37.6 Å². The van der Waals surface area contributed by atoms with Crippen LogP contribution in [-0.4, -0.2) is 17.8 Å². The Morgan fingerprint density at radius 1 is 1.60 bits per heavy atom. The fourth-order valence-corrected chi connectivity index (χ4v) is 1.37. The van der Waals surface area contributed by atoms with Crippen LogP contribution in [-0.2, 0) is 0 Å². The largest absolute Gasteiger partial charge is 0.393 e. The molecule has 2 heteroatoms. The van der Waals surface area contributed by atoms with Crippen LogP contribution in [0.4, 0.5) is 0 Å². The lowest BCUT2D eigenvalue weighted by Gasteiger charge is -2.16. The molecule has 60 valence electrons. The first-order chi connectivity index (χ1) is 4.75. The molecule has 2 atom stereocenters. The fourth-order valence-electron chi connectivity index (χ4n) is 1.37. The Bertz CT molecular complexity index is 101. The van der Waals surface area contributed by atoms with Crippen molar-refractivity contribution in [3.05, 3.63) is 0 Å². The second-order valence-corrected chi connectivity index (χ2v) is 3.34. The summed E-state index contributed by atoms with van der Waals surface area (Å²) < 4.78 is 0. The molecule has 3 N–H and O–H groups in total. The van der Waals surface area contributed by atoms with Gasteiger partial charge < -0.3 is 10.8 Å². The quantitative estimate of drug-likeness (QED) is 0.609. The number of aliphatic hydroxyl groups excluding tert-OH is 1. The number of nitrogens with two attached hydrogens (primary N) is 1. The Labute approximate surface area is 62.4 Å². The van der Waals surface area contributed by atoms with Gasteiger partial charge in [0.05, 0.1) is 6.10 Å². The molecule has 2 nitrogen and oxygen atoms in total. The summed E-state index contributed by atoms with van der Waals surface area (Å²) >= 11 is 0. The molecule has 0 spiro atoms. The van der Waals surface area contributed by atoms with Crippen LogP contribution in [0.5, 0.6) is 0 Å². The maximum Gasteiger partial charge on any atom is 0.0580 e. The third-order valence-corrected chi connectivity index (χ3v) is 2.43. The van der Waals surface area contributed by atoms with E-state index in [9.17, 15) is 5.11 Å². The first kappa shape index (κ1) is 8.02. The van der Waals surface area contributed by atoms with E-state index in [1.807, 2.05) is 0 Å². The average Bonchev–Trinajstić information content (AvgIpc) is 2.68. The van der Waals surface area contributed by atoms with Crippen LogP contribution in [0.1, 0.15) is 26.2 Å². The van der Waals surface area contributed by atoms with Gasteiger partial charge >= 0.3 is 0 Å². The van der Waals surface area contributed by atoms with Gasteiger partial charge in [0.15, 0.2) is 0 Å². The van der Waals surface area contributed by atoms with Crippen molar-refractivity contribution in [1.82, 2.24) is 0 Å². The van der Waals surface area contributed by atoms with Crippen LogP contribution in [0.2, 0.25) is 0 Å². The van der Waals surface area contributed by atoms with Gasteiger partial charge in [-0.2, -0.15) is 0 Å². The highest BCUT2D eigenvalue weighted by atomic mass is 16.3. The SMILES string of the molecule is CC(C(O)CCN)C1CC1. The third kappa shape index (κ3) is 1.96. The zero-order valence-corrected chi connectivity index (χ0v) is 6.59. The molecule has 10 heavy (non-hydrogen) atoms. The van der Waals surface area contributed by atoms with Crippen molar-refractivity contribution >= 4 is 0 Å². The molecule has 1 fully saturated rings. The predicted octanol–water partition coefficient (Wildman–Crippen LogP) is 0.742. The van der Waals surface area contributed by atoms with Crippen molar-refractivity contribution in [2.45, 2.75) is 32.3 Å². The highest BCUT2D eigenvalue weighted by Gasteiger charge is 2.31. The summed E-state index contributed by atoms with van der Waals surface area (Å²) in [6, 6.07) is 0. The van der Waals surface area contributed by atoms with Crippen molar-refractivity contribution in [3.63, 3.8) is 0 Å². The Morgan fingerprint density at radius 2 is 2.20 bits per heavy atom. The third-order valence-electron chi connectivity index (χ3n) is 2.43. The number of hydrogen-bond acceptors (Lipinski definition) is 2. The molecule has 1 aliphatic carbocycles. The van der Waals surface area contributed by atoms with Gasteiger partial charge in [0.2, 0.25) is 0 Å². The van der Waals surface area contributed by atoms with Gasteiger partial charge in [-0.25, -0.2) is 0 Å². The summed E-state index contributed by atoms with van der Waals surface area (Å²) in [6.45, 7) is 2.73. The summed E-state index contributed by atoms with van der Waals surface area (Å²) in [5.74, 6) is 1.27. The zero-order chi connectivity index (χ0) is 7.56. The van der Waals surface area contributed by atoms with Gasteiger partial charge in [0, 0.05) is 0 Å².